The maximum atomic E-state index is 13.2. The van der Waals surface area contributed by atoms with E-state index in [1.807, 2.05) is 27.7 Å². The van der Waals surface area contributed by atoms with Gasteiger partial charge in [0.05, 0.1) is 18.1 Å². The highest BCUT2D eigenvalue weighted by atomic mass is 32.2. The molecule has 0 spiro atoms. The fraction of sp³-hybridized carbons (Fsp3) is 0.417. The molecular formula is C24H31N3O5S. The zero-order valence-corrected chi connectivity index (χ0v) is 20.3. The number of hydrogen-bond acceptors (Lipinski definition) is 5. The number of anilines is 1. The number of nitrogens with zero attached hydrogens (tertiary/aromatic N) is 1. The Hall–Kier alpha value is -2.75. The molecule has 0 atom stereocenters. The molecule has 0 aliphatic carbocycles. The van der Waals surface area contributed by atoms with E-state index in [0.717, 1.165) is 0 Å². The molecule has 33 heavy (non-hydrogen) atoms. The third-order valence-electron chi connectivity index (χ3n) is 5.19. The van der Waals surface area contributed by atoms with Crippen molar-refractivity contribution >= 4 is 27.5 Å². The van der Waals surface area contributed by atoms with E-state index in [0.29, 0.717) is 36.4 Å². The van der Waals surface area contributed by atoms with Gasteiger partial charge in [0, 0.05) is 35.4 Å². The first-order valence-corrected chi connectivity index (χ1v) is 12.4. The zero-order valence-electron chi connectivity index (χ0n) is 19.5. The second-order valence-corrected chi connectivity index (χ2v) is 10.8. The van der Waals surface area contributed by atoms with Gasteiger partial charge in [-0.05, 0) is 69.2 Å². The van der Waals surface area contributed by atoms with E-state index in [1.165, 1.54) is 10.4 Å². The minimum absolute atomic E-state index is 0.147. The molecule has 0 aromatic heterocycles. The molecule has 1 fully saturated rings. The lowest BCUT2D eigenvalue weighted by Crippen LogP contribution is -2.41. The highest BCUT2D eigenvalue weighted by Gasteiger charge is 2.29. The largest absolute Gasteiger partial charge is 0.379 e. The third kappa shape index (κ3) is 6.19. The maximum absolute atomic E-state index is 13.2. The molecule has 0 saturated carbocycles. The van der Waals surface area contributed by atoms with Gasteiger partial charge < -0.3 is 15.4 Å². The molecule has 178 valence electrons. The van der Waals surface area contributed by atoms with Gasteiger partial charge in [-0.3, -0.25) is 9.59 Å². The monoisotopic (exact) mass is 473 g/mol. The Morgan fingerprint density at radius 2 is 1.58 bits per heavy atom. The molecule has 0 bridgehead atoms. The summed E-state index contributed by atoms with van der Waals surface area (Å²) < 4.78 is 33.1. The average molecular weight is 474 g/mol. The Balaban J connectivity index is 1.79. The summed E-state index contributed by atoms with van der Waals surface area (Å²) in [4.78, 5) is 25.3. The number of carbonyl (C=O) groups excluding carboxylic acids is 2. The molecule has 0 radical (unpaired) electrons. The SMILES string of the molecule is CCc1ccc(C(=O)Nc2ccc(C(=O)NC(C)(C)C)cc2)cc1S(=O)(=O)N1CCOCC1. The molecule has 1 aliphatic rings. The molecule has 2 aromatic rings. The van der Waals surface area contributed by atoms with Crippen LogP contribution in [0.25, 0.3) is 0 Å². The van der Waals surface area contributed by atoms with Crippen molar-refractivity contribution in [2.24, 2.45) is 0 Å². The van der Waals surface area contributed by atoms with Crippen molar-refractivity contribution < 1.29 is 22.7 Å². The lowest BCUT2D eigenvalue weighted by atomic mass is 10.1. The van der Waals surface area contributed by atoms with Crippen LogP contribution in [0.4, 0.5) is 5.69 Å². The van der Waals surface area contributed by atoms with Crippen LogP contribution in [0, 0.1) is 0 Å². The molecule has 2 N–H and O–H groups in total. The summed E-state index contributed by atoms with van der Waals surface area (Å²) in [5.74, 6) is -0.628. The van der Waals surface area contributed by atoms with Crippen molar-refractivity contribution in [3.8, 4) is 0 Å². The molecule has 1 aliphatic heterocycles. The number of hydrogen-bond donors (Lipinski definition) is 2. The second kappa shape index (κ2) is 10.0. The highest BCUT2D eigenvalue weighted by Crippen LogP contribution is 2.24. The van der Waals surface area contributed by atoms with Crippen molar-refractivity contribution in [3.05, 3.63) is 59.2 Å². The molecule has 1 saturated heterocycles. The van der Waals surface area contributed by atoms with E-state index in [-0.39, 0.29) is 35.0 Å². The van der Waals surface area contributed by atoms with Crippen molar-refractivity contribution in [2.75, 3.05) is 31.6 Å². The fourth-order valence-corrected chi connectivity index (χ4v) is 5.20. The molecule has 3 rings (SSSR count). The van der Waals surface area contributed by atoms with E-state index >= 15 is 0 Å². The lowest BCUT2D eigenvalue weighted by molar-refractivity contribution is 0.0730. The Bertz CT molecular complexity index is 1120. The van der Waals surface area contributed by atoms with Crippen LogP contribution in [0.3, 0.4) is 0 Å². The second-order valence-electron chi connectivity index (χ2n) is 8.93. The molecule has 1 heterocycles. The quantitative estimate of drug-likeness (QED) is 0.671. The summed E-state index contributed by atoms with van der Waals surface area (Å²) in [5, 5.41) is 5.65. The first-order valence-electron chi connectivity index (χ1n) is 11.0. The van der Waals surface area contributed by atoms with Crippen molar-refractivity contribution in [3.63, 3.8) is 0 Å². The van der Waals surface area contributed by atoms with Gasteiger partial charge in [0.1, 0.15) is 0 Å². The topological polar surface area (TPSA) is 105 Å². The third-order valence-corrected chi connectivity index (χ3v) is 7.17. The van der Waals surface area contributed by atoms with E-state index in [2.05, 4.69) is 10.6 Å². The summed E-state index contributed by atoms with van der Waals surface area (Å²) in [7, 11) is -3.73. The number of ether oxygens (including phenoxy) is 1. The number of benzene rings is 2. The molecule has 0 unspecified atom stereocenters. The Labute approximate surface area is 195 Å². The summed E-state index contributed by atoms with van der Waals surface area (Å²) in [6, 6.07) is 11.3. The number of amides is 2. The summed E-state index contributed by atoms with van der Waals surface area (Å²) in [6.07, 6.45) is 0.527. The molecule has 9 heteroatoms. The van der Waals surface area contributed by atoms with Crippen LogP contribution in [-0.4, -0.2) is 56.4 Å². The smallest absolute Gasteiger partial charge is 0.255 e. The van der Waals surface area contributed by atoms with E-state index in [1.54, 1.807) is 36.4 Å². The number of morpholine rings is 1. The fourth-order valence-electron chi connectivity index (χ4n) is 3.48. The van der Waals surface area contributed by atoms with Crippen molar-refractivity contribution in [1.82, 2.24) is 9.62 Å². The van der Waals surface area contributed by atoms with Crippen LogP contribution in [0.1, 0.15) is 54.0 Å². The molecule has 2 amide bonds. The number of nitrogens with one attached hydrogen (secondary N) is 2. The highest BCUT2D eigenvalue weighted by molar-refractivity contribution is 7.89. The number of rotatable bonds is 6. The van der Waals surface area contributed by atoms with Gasteiger partial charge in [0.15, 0.2) is 0 Å². The maximum Gasteiger partial charge on any atom is 0.255 e. The summed E-state index contributed by atoms with van der Waals surface area (Å²) in [5.41, 5.74) is 1.54. The van der Waals surface area contributed by atoms with Crippen LogP contribution >= 0.6 is 0 Å². The van der Waals surface area contributed by atoms with E-state index in [9.17, 15) is 18.0 Å². The standard InChI is InChI=1S/C24H31N3O5S/c1-5-17-6-7-19(16-21(17)33(30,31)27-12-14-32-15-13-27)22(28)25-20-10-8-18(9-11-20)23(29)26-24(2,3)4/h6-11,16H,5,12-15H2,1-4H3,(H,25,28)(H,26,29). The Morgan fingerprint density at radius 1 is 0.970 bits per heavy atom. The molecular weight excluding hydrogens is 442 g/mol. The van der Waals surface area contributed by atoms with Crippen LogP contribution in [0.5, 0.6) is 0 Å². The average Bonchev–Trinajstić information content (AvgIpc) is 2.78. The minimum atomic E-state index is -3.73. The predicted molar refractivity (Wildman–Crippen MR) is 127 cm³/mol. The van der Waals surface area contributed by atoms with Gasteiger partial charge in [-0.25, -0.2) is 8.42 Å². The van der Waals surface area contributed by atoms with Crippen LogP contribution in [0.15, 0.2) is 47.4 Å². The first kappa shape index (κ1) is 24.9. The number of aryl methyl sites for hydroxylation is 1. The van der Waals surface area contributed by atoms with Crippen LogP contribution in [-0.2, 0) is 21.2 Å². The molecule has 2 aromatic carbocycles. The minimum Gasteiger partial charge on any atom is -0.379 e. The van der Waals surface area contributed by atoms with Gasteiger partial charge in [0.2, 0.25) is 10.0 Å². The normalized spacial score (nSPS) is 15.2. The van der Waals surface area contributed by atoms with Crippen LogP contribution < -0.4 is 10.6 Å². The number of sulfonamides is 1. The van der Waals surface area contributed by atoms with Gasteiger partial charge in [-0.1, -0.05) is 13.0 Å². The molecule has 8 nitrogen and oxygen atoms in total. The Morgan fingerprint density at radius 3 is 2.15 bits per heavy atom. The lowest BCUT2D eigenvalue weighted by Gasteiger charge is -2.27. The summed E-state index contributed by atoms with van der Waals surface area (Å²) in [6.45, 7) is 8.86. The first-order chi connectivity index (χ1) is 15.5. The Kier molecular flexibility index (Phi) is 7.56. The predicted octanol–water partition coefficient (Wildman–Crippen LogP) is 3.05. The van der Waals surface area contributed by atoms with Crippen LogP contribution in [0.2, 0.25) is 0 Å². The van der Waals surface area contributed by atoms with Gasteiger partial charge in [-0.15, -0.1) is 0 Å². The zero-order chi connectivity index (χ0) is 24.2. The van der Waals surface area contributed by atoms with Gasteiger partial charge in [0.25, 0.3) is 11.8 Å². The van der Waals surface area contributed by atoms with E-state index in [4.69, 9.17) is 4.74 Å². The van der Waals surface area contributed by atoms with Crippen molar-refractivity contribution in [1.29, 1.82) is 0 Å². The number of carbonyl (C=O) groups is 2. The summed E-state index contributed by atoms with van der Waals surface area (Å²) >= 11 is 0. The van der Waals surface area contributed by atoms with E-state index < -0.39 is 15.9 Å². The van der Waals surface area contributed by atoms with Gasteiger partial charge >= 0.3 is 0 Å². The van der Waals surface area contributed by atoms with Gasteiger partial charge in [-0.2, -0.15) is 4.31 Å². The van der Waals surface area contributed by atoms with Crippen molar-refractivity contribution in [2.45, 2.75) is 44.6 Å².